The van der Waals surface area contributed by atoms with Crippen molar-refractivity contribution in [2.45, 2.75) is 6.42 Å². The van der Waals surface area contributed by atoms with Crippen LogP contribution in [0, 0.1) is 0 Å². The molecule has 0 spiro atoms. The summed E-state index contributed by atoms with van der Waals surface area (Å²) in [5, 5.41) is 15.3. The number of hydrazone groups is 1. The molecule has 1 aromatic carbocycles. The number of nitrogens with zero attached hydrogens (tertiary/aromatic N) is 2. The smallest absolute Gasteiger partial charge is 0.116 e. The molecule has 1 aliphatic rings. The van der Waals surface area contributed by atoms with Crippen LogP contribution in [0.2, 0.25) is 0 Å². The Hall–Kier alpha value is -1.77. The van der Waals surface area contributed by atoms with Gasteiger partial charge in [-0.3, -0.25) is 5.01 Å². The highest BCUT2D eigenvalue weighted by Crippen LogP contribution is 2.23. The zero-order valence-electron chi connectivity index (χ0n) is 8.01. The maximum Gasteiger partial charge on any atom is 0.116 e. The standard InChI is InChI=1S/C11H12N2O/c1-13-11(6-3-7-12-13)9-4-2-5-10(14)8-9/h2,4-8,14H,3H2,1H3. The number of allylic oxidation sites excluding steroid dienone is 1. The lowest BCUT2D eigenvalue weighted by atomic mass is 10.1. The van der Waals surface area contributed by atoms with Gasteiger partial charge in [-0.2, -0.15) is 5.10 Å². The third-order valence-electron chi connectivity index (χ3n) is 2.16. The fraction of sp³-hybridized carbons (Fsp3) is 0.182. The molecule has 3 nitrogen and oxygen atoms in total. The van der Waals surface area contributed by atoms with Gasteiger partial charge in [0.05, 0.1) is 5.70 Å². The van der Waals surface area contributed by atoms with Crippen LogP contribution in [-0.4, -0.2) is 23.4 Å². The van der Waals surface area contributed by atoms with Crippen LogP contribution in [0.25, 0.3) is 5.70 Å². The van der Waals surface area contributed by atoms with Crippen molar-refractivity contribution in [3.8, 4) is 5.75 Å². The molecule has 1 heterocycles. The molecule has 0 unspecified atom stereocenters. The molecule has 0 radical (unpaired) electrons. The second-order valence-corrected chi connectivity index (χ2v) is 3.20. The maximum absolute atomic E-state index is 9.35. The first kappa shape index (κ1) is 8.81. The quantitative estimate of drug-likeness (QED) is 0.732. The summed E-state index contributed by atoms with van der Waals surface area (Å²) in [6.07, 6.45) is 4.78. The zero-order chi connectivity index (χ0) is 9.97. The van der Waals surface area contributed by atoms with E-state index in [4.69, 9.17) is 0 Å². The molecule has 3 heteroatoms. The van der Waals surface area contributed by atoms with Gasteiger partial charge >= 0.3 is 0 Å². The summed E-state index contributed by atoms with van der Waals surface area (Å²) in [5.41, 5.74) is 2.02. The third kappa shape index (κ3) is 1.62. The van der Waals surface area contributed by atoms with Gasteiger partial charge < -0.3 is 5.11 Å². The van der Waals surface area contributed by atoms with Gasteiger partial charge in [0.2, 0.25) is 0 Å². The van der Waals surface area contributed by atoms with Crippen LogP contribution < -0.4 is 0 Å². The third-order valence-corrected chi connectivity index (χ3v) is 2.16. The van der Waals surface area contributed by atoms with Crippen molar-refractivity contribution in [3.05, 3.63) is 35.9 Å². The van der Waals surface area contributed by atoms with Gasteiger partial charge in [0.25, 0.3) is 0 Å². The Balaban J connectivity index is 2.35. The molecular formula is C11H12N2O. The van der Waals surface area contributed by atoms with E-state index in [0.717, 1.165) is 17.7 Å². The molecule has 0 fully saturated rings. The number of phenolic OH excluding ortho intramolecular Hbond substituents is 1. The Morgan fingerprint density at radius 3 is 3.00 bits per heavy atom. The van der Waals surface area contributed by atoms with Crippen LogP contribution >= 0.6 is 0 Å². The normalized spacial score (nSPS) is 15.5. The number of aromatic hydroxyl groups is 1. The van der Waals surface area contributed by atoms with E-state index in [9.17, 15) is 5.11 Å². The van der Waals surface area contributed by atoms with Crippen molar-refractivity contribution < 1.29 is 5.11 Å². The molecular weight excluding hydrogens is 176 g/mol. The van der Waals surface area contributed by atoms with E-state index in [1.165, 1.54) is 0 Å². The molecule has 0 saturated carbocycles. The molecule has 1 aliphatic heterocycles. The monoisotopic (exact) mass is 188 g/mol. The van der Waals surface area contributed by atoms with Crippen LogP contribution in [0.5, 0.6) is 5.75 Å². The number of hydrogen-bond acceptors (Lipinski definition) is 3. The van der Waals surface area contributed by atoms with E-state index in [2.05, 4.69) is 11.2 Å². The summed E-state index contributed by atoms with van der Waals surface area (Å²) in [6.45, 7) is 0. The van der Waals surface area contributed by atoms with Crippen LogP contribution in [0.15, 0.2) is 35.4 Å². The van der Waals surface area contributed by atoms with E-state index in [0.29, 0.717) is 0 Å². The molecule has 0 amide bonds. The average molecular weight is 188 g/mol. The lowest BCUT2D eigenvalue weighted by Crippen LogP contribution is -2.12. The lowest BCUT2D eigenvalue weighted by Gasteiger charge is -2.20. The fourth-order valence-corrected chi connectivity index (χ4v) is 1.50. The van der Waals surface area contributed by atoms with Crippen molar-refractivity contribution in [1.82, 2.24) is 5.01 Å². The predicted octanol–water partition coefficient (Wildman–Crippen LogP) is 2.05. The summed E-state index contributed by atoms with van der Waals surface area (Å²) < 4.78 is 0. The highest BCUT2D eigenvalue weighted by atomic mass is 16.3. The highest BCUT2D eigenvalue weighted by molar-refractivity contribution is 5.73. The highest BCUT2D eigenvalue weighted by Gasteiger charge is 2.08. The minimum Gasteiger partial charge on any atom is -0.508 e. The summed E-state index contributed by atoms with van der Waals surface area (Å²) in [7, 11) is 1.89. The van der Waals surface area contributed by atoms with Gasteiger partial charge in [0.15, 0.2) is 0 Å². The van der Waals surface area contributed by atoms with E-state index in [-0.39, 0.29) is 5.75 Å². The van der Waals surface area contributed by atoms with E-state index < -0.39 is 0 Å². The molecule has 2 rings (SSSR count). The Labute approximate surface area is 83.0 Å². The molecule has 0 atom stereocenters. The van der Waals surface area contributed by atoms with E-state index >= 15 is 0 Å². The lowest BCUT2D eigenvalue weighted by molar-refractivity contribution is 0.473. The first-order valence-electron chi connectivity index (χ1n) is 4.53. The molecule has 1 N–H and O–H groups in total. The minimum atomic E-state index is 0.284. The average Bonchev–Trinajstić information content (AvgIpc) is 2.18. The van der Waals surface area contributed by atoms with Crippen molar-refractivity contribution in [2.24, 2.45) is 5.10 Å². The Morgan fingerprint density at radius 2 is 2.29 bits per heavy atom. The van der Waals surface area contributed by atoms with Crippen molar-refractivity contribution >= 4 is 11.9 Å². The van der Waals surface area contributed by atoms with Gasteiger partial charge in [0, 0.05) is 25.2 Å². The van der Waals surface area contributed by atoms with Gasteiger partial charge in [-0.15, -0.1) is 0 Å². The van der Waals surface area contributed by atoms with Gasteiger partial charge in [-0.25, -0.2) is 0 Å². The molecule has 0 saturated heterocycles. The minimum absolute atomic E-state index is 0.284. The van der Waals surface area contributed by atoms with Gasteiger partial charge in [0.1, 0.15) is 5.75 Å². The van der Waals surface area contributed by atoms with Gasteiger partial charge in [-0.1, -0.05) is 18.2 Å². The number of benzene rings is 1. The predicted molar refractivity (Wildman–Crippen MR) is 57.0 cm³/mol. The van der Waals surface area contributed by atoms with Crippen LogP contribution in [0.1, 0.15) is 12.0 Å². The van der Waals surface area contributed by atoms with Crippen LogP contribution in [0.4, 0.5) is 0 Å². The number of hydrogen-bond donors (Lipinski definition) is 1. The summed E-state index contributed by atoms with van der Waals surface area (Å²) in [6, 6.07) is 7.19. The van der Waals surface area contributed by atoms with E-state index in [1.54, 1.807) is 17.1 Å². The topological polar surface area (TPSA) is 35.8 Å². The number of phenols is 1. The Kier molecular flexibility index (Phi) is 2.23. The fourth-order valence-electron chi connectivity index (χ4n) is 1.50. The first-order chi connectivity index (χ1) is 6.77. The maximum atomic E-state index is 9.35. The summed E-state index contributed by atoms with van der Waals surface area (Å²) in [5.74, 6) is 0.284. The SMILES string of the molecule is CN1N=CCC=C1c1cccc(O)c1. The molecule has 14 heavy (non-hydrogen) atoms. The molecule has 0 aliphatic carbocycles. The van der Waals surface area contributed by atoms with Crippen LogP contribution in [-0.2, 0) is 0 Å². The second kappa shape index (κ2) is 3.54. The summed E-state index contributed by atoms with van der Waals surface area (Å²) in [4.78, 5) is 0. The molecule has 1 aromatic rings. The zero-order valence-corrected chi connectivity index (χ0v) is 8.01. The molecule has 72 valence electrons. The van der Waals surface area contributed by atoms with Gasteiger partial charge in [-0.05, 0) is 12.1 Å². The van der Waals surface area contributed by atoms with E-state index in [1.807, 2.05) is 25.4 Å². The first-order valence-corrected chi connectivity index (χ1v) is 4.53. The molecule has 0 aromatic heterocycles. The summed E-state index contributed by atoms with van der Waals surface area (Å²) >= 11 is 0. The van der Waals surface area contributed by atoms with Crippen molar-refractivity contribution in [1.29, 1.82) is 0 Å². The Morgan fingerprint density at radius 1 is 1.43 bits per heavy atom. The van der Waals surface area contributed by atoms with Crippen LogP contribution in [0.3, 0.4) is 0 Å². The van der Waals surface area contributed by atoms with Crippen molar-refractivity contribution in [3.63, 3.8) is 0 Å². The van der Waals surface area contributed by atoms with Crippen molar-refractivity contribution in [2.75, 3.05) is 7.05 Å². The Bertz CT molecular complexity index is 396. The molecule has 0 bridgehead atoms. The number of rotatable bonds is 1. The largest absolute Gasteiger partial charge is 0.508 e. The second-order valence-electron chi connectivity index (χ2n) is 3.20.